The molecule has 9 heterocycles. The van der Waals surface area contributed by atoms with Crippen LogP contribution >= 0.6 is 11.3 Å². The topological polar surface area (TPSA) is 380 Å². The first-order valence-electron chi connectivity index (χ1n) is 49.0. The molecule has 5 aliphatic carbocycles. The normalized spacial score (nSPS) is 19.6. The number of thiazole rings is 1. The number of aromatic nitrogens is 14. The molecule has 0 aliphatic heterocycles. The molecule has 5 aliphatic rings. The molecule has 24 nitrogen and oxygen atoms in total. The van der Waals surface area contributed by atoms with Crippen molar-refractivity contribution in [2.45, 2.75) is 239 Å². The van der Waals surface area contributed by atoms with Gasteiger partial charge in [-0.3, -0.25) is 63.8 Å². The van der Waals surface area contributed by atoms with Crippen LogP contribution in [0.15, 0.2) is 297 Å². The Balaban J connectivity index is 0.000000129. The fraction of sp³-hybridized carbons (Fsp3) is 0.339. The Morgan fingerprint density at radius 1 is 0.259 bits per heavy atom. The molecule has 10 N–H and O–H groups in total. The average Bonchev–Trinajstić information content (AvgIpc) is 1.06. The molecule has 15 aromatic rings. The Bertz CT molecular complexity index is 7210. The van der Waals surface area contributed by atoms with Gasteiger partial charge in [-0.25, -0.2) is 29.0 Å². The predicted molar refractivity (Wildman–Crippen MR) is 540 cm³/mol. The van der Waals surface area contributed by atoms with Crippen LogP contribution in [0.3, 0.4) is 0 Å². The molecule has 5 saturated carbocycles. The summed E-state index contributed by atoms with van der Waals surface area (Å²) < 4.78 is 78.3. The van der Waals surface area contributed by atoms with Crippen LogP contribution in [0.5, 0.6) is 0 Å². The lowest BCUT2D eigenvalue weighted by molar-refractivity contribution is -0.138. The van der Waals surface area contributed by atoms with Crippen LogP contribution in [-0.4, -0.2) is 69.8 Å². The molecule has 0 unspecified atom stereocenters. The molecular weight excluding hydrogens is 1850 g/mol. The summed E-state index contributed by atoms with van der Waals surface area (Å²) >= 11 is 1.53. The second-order valence-electron chi connectivity index (χ2n) is 38.0. The van der Waals surface area contributed by atoms with E-state index in [1.54, 1.807) is 24.7 Å². The Labute approximate surface area is 822 Å². The minimum absolute atomic E-state index is 0.00392. The summed E-state index contributed by atoms with van der Waals surface area (Å²) in [5.74, 6) is 3.10. The number of aromatic amines is 10. The zero-order valence-electron chi connectivity index (χ0n) is 79.2. The van der Waals surface area contributed by atoms with Crippen LogP contribution in [0.1, 0.15) is 316 Å². The Hall–Kier alpha value is -14.6. The molecule has 0 radical (unpaired) electrons. The maximum atomic E-state index is 13.1. The first kappa shape index (κ1) is 101. The smallest absolute Gasteiger partial charge is 0.311 e. The maximum Gasteiger partial charge on any atom is 0.416 e. The number of hydrogen-bond donors (Lipinski definition) is 10. The first-order valence-corrected chi connectivity index (χ1v) is 49.9. The van der Waals surface area contributed by atoms with Gasteiger partial charge in [-0.2, -0.15) is 26.3 Å². The van der Waals surface area contributed by atoms with E-state index in [9.17, 15) is 74.3 Å². The van der Waals surface area contributed by atoms with Crippen LogP contribution in [0.2, 0.25) is 0 Å². The van der Waals surface area contributed by atoms with Crippen molar-refractivity contribution in [1.82, 2.24) is 69.8 Å². The van der Waals surface area contributed by atoms with Gasteiger partial charge in [0.05, 0.1) is 16.1 Å². The molecule has 0 atom stereocenters. The molecule has 9 aromatic heterocycles. The third-order valence-electron chi connectivity index (χ3n) is 28.8. The zero-order chi connectivity index (χ0) is 100. The van der Waals surface area contributed by atoms with Crippen molar-refractivity contribution < 1.29 is 26.3 Å². The van der Waals surface area contributed by atoms with Gasteiger partial charge in [-0.1, -0.05) is 176 Å². The molecular formula is C112H114F6N14O10S. The van der Waals surface area contributed by atoms with E-state index in [4.69, 9.17) is 0 Å². The van der Waals surface area contributed by atoms with Crippen LogP contribution in [0.25, 0.3) is 0 Å². The van der Waals surface area contributed by atoms with Gasteiger partial charge in [0.25, 0.3) is 27.8 Å². The van der Waals surface area contributed by atoms with Gasteiger partial charge in [-0.05, 0) is 276 Å². The number of aryl methyl sites for hydroxylation is 1. The van der Waals surface area contributed by atoms with E-state index in [0.29, 0.717) is 88.1 Å². The van der Waals surface area contributed by atoms with E-state index in [2.05, 4.69) is 167 Å². The van der Waals surface area contributed by atoms with E-state index in [1.807, 2.05) is 97.2 Å². The van der Waals surface area contributed by atoms with Gasteiger partial charge in [0, 0.05) is 136 Å². The molecule has 0 bridgehead atoms. The highest BCUT2D eigenvalue weighted by Crippen LogP contribution is 2.47. The highest BCUT2D eigenvalue weighted by Gasteiger charge is 2.37. The predicted octanol–water partition coefficient (Wildman–Crippen LogP) is 20.5. The van der Waals surface area contributed by atoms with Gasteiger partial charge >= 0.3 is 40.8 Å². The summed E-state index contributed by atoms with van der Waals surface area (Å²) in [5, 5.41) is 2.79. The highest BCUT2D eigenvalue weighted by atomic mass is 32.1. The number of alkyl halides is 6. The Kier molecular flexibility index (Phi) is 33.5. The van der Waals surface area contributed by atoms with Gasteiger partial charge < -0.3 is 24.9 Å². The van der Waals surface area contributed by atoms with Crippen molar-refractivity contribution in [2.24, 2.45) is 0 Å². The van der Waals surface area contributed by atoms with Crippen molar-refractivity contribution in [1.29, 1.82) is 0 Å². The number of rotatable bonds is 20. The number of hydrogen-bond acceptors (Lipinski definition) is 15. The summed E-state index contributed by atoms with van der Waals surface area (Å²) in [6.45, 7) is 2.01. The number of nitrogens with one attached hydrogen (secondary N) is 10. The fourth-order valence-corrected chi connectivity index (χ4v) is 22.1. The summed E-state index contributed by atoms with van der Waals surface area (Å²) in [6.07, 6.45) is 17.7. The fourth-order valence-electron chi connectivity index (χ4n) is 21.5. The third-order valence-corrected chi connectivity index (χ3v) is 29.5. The van der Waals surface area contributed by atoms with E-state index in [1.165, 1.54) is 45.2 Å². The van der Waals surface area contributed by atoms with Crippen LogP contribution in [0.4, 0.5) is 26.3 Å². The largest absolute Gasteiger partial charge is 0.416 e. The summed E-state index contributed by atoms with van der Waals surface area (Å²) in [4.78, 5) is 165. The molecule has 6 aromatic carbocycles. The SMILES string of the molecule is Cc1ccnc(Cc2c(C3CCC(c4ccccc4)CC3)[nH]c(=O)[nH]c2=O)c1.O=c1[nH]c(C2CCC(c3ccccc3)CC2)c(Cc2cc(C(F)(F)F)ccn2)c(=O)[nH]1.O=c1[nH]c(C2CCC(c3ccccc3)CC2)c(Cc2cccc(C(F)(F)F)c2)c(=O)[nH]1.O=c1[nH]c(C2CCC(c3ccccc3)CC2)c(Cc2ccccn2)c(=O)[nH]1.O=c1[nH]c(C2CCC(c3ccccc3)CC2)c(Cc2nccs2)c(=O)[nH]1. The standard InChI is InChI=1S/C24H23F3N2O2.C23H22F3N3O2.C23H25N3O2.C22H23N3O2.C20H21N3O2S/c25-24(26,27)19-8-4-5-15(13-19)14-20-21(28-23(31)29-22(20)30)18-11-9-17(10-12-18)16-6-2-1-3-7-16;24-23(25,26)17-10-11-27-18(12-17)13-19-20(28-22(31)29-21(19)30)16-8-6-15(7-9-16)14-4-2-1-3-5-14;1-15-11-12-24-19(13-15)14-20-21(25-23(28)26-22(20)27)18-9-7-17(8-10-18)16-5-3-2-4-6-16;26-21-19(14-18-8-4-5-13-23-18)20(24-22(27)25-21)17-11-9-16(10-12-17)15-6-2-1-3-7-15;24-19-16(12-17-21-10-11-26-17)18(22-20(25)23-19)15-8-6-14(7-9-15)13-4-2-1-3-5-13/h1-8,13,17-18H,9-12,14H2,(H2,28,29,30,31);1-5,10-12,15-16H,6-9,13H2,(H2,28,29,30,31);2-6,11-13,17-18H,7-10,14H2,1H3,(H2,25,26,27,28);1-8,13,16-17H,9-12,14H2,(H2,24,25,26,27);1-5,10-11,14-15H,6-9,12H2,(H2,22,23,24,25). The molecule has 0 spiro atoms. The van der Waals surface area contributed by atoms with Crippen LogP contribution in [0, 0.1) is 6.92 Å². The summed E-state index contributed by atoms with van der Waals surface area (Å²) in [5.41, 5.74) is 9.95. The number of H-pyrrole nitrogens is 10. The monoisotopic (exact) mass is 1960 g/mol. The molecule has 5 fully saturated rings. The number of benzene rings is 6. The lowest BCUT2D eigenvalue weighted by Crippen LogP contribution is -2.30. The second kappa shape index (κ2) is 47.3. The van der Waals surface area contributed by atoms with Crippen LogP contribution in [-0.2, 0) is 44.5 Å². The van der Waals surface area contributed by atoms with Gasteiger partial charge in [0.2, 0.25) is 0 Å². The van der Waals surface area contributed by atoms with Crippen molar-refractivity contribution >= 4 is 11.3 Å². The van der Waals surface area contributed by atoms with Gasteiger partial charge in [0.1, 0.15) is 0 Å². The zero-order valence-corrected chi connectivity index (χ0v) is 80.0. The van der Waals surface area contributed by atoms with Crippen molar-refractivity contribution in [3.8, 4) is 0 Å². The maximum absolute atomic E-state index is 13.1. The number of nitrogens with zero attached hydrogens (tertiary/aromatic N) is 4. The lowest BCUT2D eigenvalue weighted by Gasteiger charge is -2.29. The molecule has 20 rings (SSSR count). The highest BCUT2D eigenvalue weighted by molar-refractivity contribution is 7.09. The van der Waals surface area contributed by atoms with E-state index in [0.717, 1.165) is 198 Å². The minimum atomic E-state index is -4.49. The Morgan fingerprint density at radius 3 is 0.839 bits per heavy atom. The first-order chi connectivity index (χ1) is 69.1. The molecule has 31 heteroatoms. The summed E-state index contributed by atoms with van der Waals surface area (Å²) in [6, 6.07) is 68.6. The summed E-state index contributed by atoms with van der Waals surface area (Å²) in [7, 11) is 0. The van der Waals surface area contributed by atoms with Crippen molar-refractivity contribution in [3.63, 3.8) is 0 Å². The van der Waals surface area contributed by atoms with Crippen molar-refractivity contribution in [3.05, 3.63) is 481 Å². The number of pyridine rings is 3. The van der Waals surface area contributed by atoms with Gasteiger partial charge in [0.15, 0.2) is 0 Å². The van der Waals surface area contributed by atoms with Crippen molar-refractivity contribution in [2.75, 3.05) is 0 Å². The molecule has 143 heavy (non-hydrogen) atoms. The quantitative estimate of drug-likeness (QED) is 0.0317. The molecule has 740 valence electrons. The minimum Gasteiger partial charge on any atom is -0.311 e. The second-order valence-corrected chi connectivity index (χ2v) is 39.0. The van der Waals surface area contributed by atoms with E-state index < -0.39 is 63.0 Å². The third kappa shape index (κ3) is 27.0. The molecule has 0 amide bonds. The van der Waals surface area contributed by atoms with Crippen LogP contribution < -0.4 is 56.2 Å². The molecule has 0 saturated heterocycles. The lowest BCUT2D eigenvalue weighted by atomic mass is 9.76. The average molecular weight is 1960 g/mol. The van der Waals surface area contributed by atoms with Gasteiger partial charge in [-0.15, -0.1) is 11.3 Å². The van der Waals surface area contributed by atoms with E-state index in [-0.39, 0.29) is 70.4 Å². The van der Waals surface area contributed by atoms with E-state index >= 15 is 0 Å². The Morgan fingerprint density at radius 2 is 0.538 bits per heavy atom. The number of halogens is 6.